The van der Waals surface area contributed by atoms with Gasteiger partial charge < -0.3 is 30.2 Å². The summed E-state index contributed by atoms with van der Waals surface area (Å²) in [5.41, 5.74) is 2.11. The molecule has 4 rings (SSSR count). The van der Waals surface area contributed by atoms with Gasteiger partial charge in [-0.1, -0.05) is 24.3 Å². The summed E-state index contributed by atoms with van der Waals surface area (Å²) in [6, 6.07) is 27.9. The third-order valence-corrected chi connectivity index (χ3v) is 7.11. The van der Waals surface area contributed by atoms with Crippen LogP contribution in [0.1, 0.15) is 15.9 Å². The number of methoxy groups -OCH3 is 3. The van der Waals surface area contributed by atoms with Crippen molar-refractivity contribution in [1.29, 1.82) is 0 Å². The molecule has 0 radical (unpaired) electrons. The highest BCUT2D eigenvalue weighted by Crippen LogP contribution is 2.27. The van der Waals surface area contributed by atoms with Gasteiger partial charge in [-0.25, -0.2) is 0 Å². The Bertz CT molecular complexity index is 1610. The topological polar surface area (TPSA) is 115 Å². The first-order chi connectivity index (χ1) is 20.9. The van der Waals surface area contributed by atoms with Crippen LogP contribution in [0.25, 0.3) is 6.08 Å². The largest absolute Gasteiger partial charge is 0.497 e. The second kappa shape index (κ2) is 15.1. The zero-order valence-corrected chi connectivity index (χ0v) is 24.7. The number of thioether (sulfide) groups is 1. The van der Waals surface area contributed by atoms with Gasteiger partial charge in [-0.15, -0.1) is 11.8 Å². The Labute approximate surface area is 254 Å². The average molecular weight is 598 g/mol. The molecule has 10 heteroatoms. The van der Waals surface area contributed by atoms with Gasteiger partial charge in [0.05, 0.1) is 27.1 Å². The molecule has 0 aliphatic rings. The van der Waals surface area contributed by atoms with Crippen molar-refractivity contribution in [3.05, 3.63) is 114 Å². The molecule has 0 heterocycles. The fraction of sp³-hybridized carbons (Fsp3) is 0.121. The summed E-state index contributed by atoms with van der Waals surface area (Å²) < 4.78 is 16.0. The minimum Gasteiger partial charge on any atom is -0.497 e. The van der Waals surface area contributed by atoms with Crippen LogP contribution in [0.4, 0.5) is 11.4 Å². The van der Waals surface area contributed by atoms with Gasteiger partial charge in [0.2, 0.25) is 5.91 Å². The van der Waals surface area contributed by atoms with Gasteiger partial charge in [-0.2, -0.15) is 0 Å². The minimum atomic E-state index is -0.535. The van der Waals surface area contributed by atoms with Crippen molar-refractivity contribution in [2.24, 2.45) is 0 Å². The predicted molar refractivity (Wildman–Crippen MR) is 169 cm³/mol. The number of carbonyl (C=O) groups is 3. The Hall–Kier alpha value is -5.22. The second-order valence-corrected chi connectivity index (χ2v) is 10.1. The number of rotatable bonds is 12. The van der Waals surface area contributed by atoms with Crippen molar-refractivity contribution in [2.75, 3.05) is 37.7 Å². The maximum Gasteiger partial charge on any atom is 0.272 e. The number of amides is 3. The molecule has 3 amide bonds. The Morgan fingerprint density at radius 1 is 0.721 bits per heavy atom. The number of hydrogen-bond acceptors (Lipinski definition) is 7. The van der Waals surface area contributed by atoms with E-state index in [0.717, 1.165) is 4.90 Å². The van der Waals surface area contributed by atoms with Gasteiger partial charge in [-0.05, 0) is 72.8 Å². The fourth-order valence-electron chi connectivity index (χ4n) is 3.93. The highest BCUT2D eigenvalue weighted by Gasteiger charge is 2.17. The number of carbonyl (C=O) groups excluding carboxylic acids is 3. The third-order valence-electron chi connectivity index (χ3n) is 6.10. The summed E-state index contributed by atoms with van der Waals surface area (Å²) in [6.45, 7) is 0. The van der Waals surface area contributed by atoms with E-state index in [9.17, 15) is 14.4 Å². The quantitative estimate of drug-likeness (QED) is 0.139. The molecular weight excluding hydrogens is 566 g/mol. The van der Waals surface area contributed by atoms with Crippen LogP contribution >= 0.6 is 11.8 Å². The van der Waals surface area contributed by atoms with Gasteiger partial charge >= 0.3 is 0 Å². The standard InChI is InChI=1S/C33H31N3O6S/c1-40-26-11-7-10-25(20-26)34-31(37)21-43-28-15-12-24(13-16-28)35-33(39)29(36-32(38)22-8-5-4-6-9-22)19-23-18-27(41-2)14-17-30(23)42-3/h4-20H,21H2,1-3H3,(H,34,37)(H,35,39)(H,36,38)/b29-19-. The summed E-state index contributed by atoms with van der Waals surface area (Å²) >= 11 is 1.36. The summed E-state index contributed by atoms with van der Waals surface area (Å²) in [6.07, 6.45) is 1.53. The lowest BCUT2D eigenvalue weighted by Crippen LogP contribution is -2.30. The molecule has 0 spiro atoms. The van der Waals surface area contributed by atoms with Gasteiger partial charge in [0.15, 0.2) is 0 Å². The molecule has 220 valence electrons. The molecule has 0 aliphatic carbocycles. The molecule has 43 heavy (non-hydrogen) atoms. The van der Waals surface area contributed by atoms with Crippen molar-refractivity contribution < 1.29 is 28.6 Å². The second-order valence-electron chi connectivity index (χ2n) is 9.03. The molecule has 4 aromatic rings. The lowest BCUT2D eigenvalue weighted by molar-refractivity contribution is -0.114. The van der Waals surface area contributed by atoms with Crippen molar-refractivity contribution >= 4 is 46.9 Å². The zero-order valence-electron chi connectivity index (χ0n) is 23.9. The number of hydrogen-bond donors (Lipinski definition) is 3. The van der Waals surface area contributed by atoms with E-state index in [-0.39, 0.29) is 17.4 Å². The zero-order chi connectivity index (χ0) is 30.6. The Balaban J connectivity index is 1.46. The van der Waals surface area contributed by atoms with E-state index in [4.69, 9.17) is 14.2 Å². The predicted octanol–water partition coefficient (Wildman–Crippen LogP) is 5.85. The summed E-state index contributed by atoms with van der Waals surface area (Å²) in [5.74, 6) is 0.776. The molecule has 3 N–H and O–H groups in total. The molecule has 9 nitrogen and oxygen atoms in total. The highest BCUT2D eigenvalue weighted by atomic mass is 32.2. The highest BCUT2D eigenvalue weighted by molar-refractivity contribution is 8.00. The molecule has 0 aliphatic heterocycles. The number of anilines is 2. The summed E-state index contributed by atoms with van der Waals surface area (Å²) in [4.78, 5) is 39.6. The van der Waals surface area contributed by atoms with Crippen LogP contribution in [-0.4, -0.2) is 44.8 Å². The van der Waals surface area contributed by atoms with Crippen LogP contribution in [0.5, 0.6) is 17.2 Å². The van der Waals surface area contributed by atoms with Crippen LogP contribution in [0, 0.1) is 0 Å². The monoisotopic (exact) mass is 597 g/mol. The maximum absolute atomic E-state index is 13.4. The van der Waals surface area contributed by atoms with E-state index >= 15 is 0 Å². The van der Waals surface area contributed by atoms with E-state index in [1.54, 1.807) is 104 Å². The first-order valence-corrected chi connectivity index (χ1v) is 14.2. The fourth-order valence-corrected chi connectivity index (χ4v) is 4.63. The van der Waals surface area contributed by atoms with E-state index < -0.39 is 11.8 Å². The Morgan fingerprint density at radius 2 is 1.44 bits per heavy atom. The Morgan fingerprint density at radius 3 is 2.14 bits per heavy atom. The SMILES string of the molecule is COc1cccc(NC(=O)CSc2ccc(NC(=O)/C(=C/c3cc(OC)ccc3OC)NC(=O)c3ccccc3)cc2)c1. The third kappa shape index (κ3) is 8.88. The van der Waals surface area contributed by atoms with Gasteiger partial charge in [-0.3, -0.25) is 14.4 Å². The van der Waals surface area contributed by atoms with Crippen LogP contribution < -0.4 is 30.2 Å². The molecule has 0 fully saturated rings. The minimum absolute atomic E-state index is 0.00747. The molecular formula is C33H31N3O6S. The van der Waals surface area contributed by atoms with Crippen molar-refractivity contribution in [3.8, 4) is 17.2 Å². The van der Waals surface area contributed by atoms with Gasteiger partial charge in [0.25, 0.3) is 11.8 Å². The molecule has 0 bridgehead atoms. The van der Waals surface area contributed by atoms with Crippen LogP contribution in [0.2, 0.25) is 0 Å². The molecule has 4 aromatic carbocycles. The van der Waals surface area contributed by atoms with Gasteiger partial charge in [0, 0.05) is 33.5 Å². The summed E-state index contributed by atoms with van der Waals surface area (Å²) in [7, 11) is 4.62. The number of benzene rings is 4. The van der Waals surface area contributed by atoms with E-state index in [1.165, 1.54) is 32.1 Å². The van der Waals surface area contributed by atoms with E-state index in [0.29, 0.717) is 39.8 Å². The van der Waals surface area contributed by atoms with Crippen molar-refractivity contribution in [1.82, 2.24) is 5.32 Å². The Kier molecular flexibility index (Phi) is 10.8. The summed E-state index contributed by atoms with van der Waals surface area (Å²) in [5, 5.41) is 8.39. The van der Waals surface area contributed by atoms with Crippen LogP contribution in [-0.2, 0) is 9.59 Å². The number of nitrogens with one attached hydrogen (secondary N) is 3. The number of ether oxygens (including phenoxy) is 3. The van der Waals surface area contributed by atoms with E-state index in [1.807, 2.05) is 0 Å². The van der Waals surface area contributed by atoms with Crippen LogP contribution in [0.15, 0.2) is 108 Å². The maximum atomic E-state index is 13.4. The van der Waals surface area contributed by atoms with E-state index in [2.05, 4.69) is 16.0 Å². The molecule has 0 atom stereocenters. The van der Waals surface area contributed by atoms with Crippen molar-refractivity contribution in [2.45, 2.75) is 4.90 Å². The smallest absolute Gasteiger partial charge is 0.272 e. The van der Waals surface area contributed by atoms with Gasteiger partial charge in [0.1, 0.15) is 22.9 Å². The first-order valence-electron chi connectivity index (χ1n) is 13.2. The first kappa shape index (κ1) is 30.7. The molecule has 0 unspecified atom stereocenters. The molecule has 0 saturated carbocycles. The molecule has 0 aromatic heterocycles. The van der Waals surface area contributed by atoms with Crippen molar-refractivity contribution in [3.63, 3.8) is 0 Å². The lowest BCUT2D eigenvalue weighted by Gasteiger charge is -2.13. The van der Waals surface area contributed by atoms with Crippen LogP contribution in [0.3, 0.4) is 0 Å². The molecule has 0 saturated heterocycles. The average Bonchev–Trinajstić information content (AvgIpc) is 3.04. The normalized spacial score (nSPS) is 10.8. The lowest BCUT2D eigenvalue weighted by atomic mass is 10.1.